The van der Waals surface area contributed by atoms with Gasteiger partial charge in [-0.1, -0.05) is 12.1 Å². The van der Waals surface area contributed by atoms with Gasteiger partial charge in [0.2, 0.25) is 0 Å². The number of aromatic nitrogens is 2. The van der Waals surface area contributed by atoms with Gasteiger partial charge in [-0.05, 0) is 49.6 Å². The molecule has 3 aromatic rings. The summed E-state index contributed by atoms with van der Waals surface area (Å²) in [5.74, 6) is -0.324. The molecule has 1 aromatic carbocycles. The van der Waals surface area contributed by atoms with Crippen LogP contribution in [0.25, 0.3) is 11.2 Å². The summed E-state index contributed by atoms with van der Waals surface area (Å²) in [5.41, 5.74) is 3.66. The van der Waals surface area contributed by atoms with E-state index < -0.39 is 0 Å². The number of oxazole rings is 1. The predicted molar refractivity (Wildman–Crippen MR) is 103 cm³/mol. The normalized spacial score (nSPS) is 16.2. The molecule has 0 spiro atoms. The van der Waals surface area contributed by atoms with Crippen LogP contribution in [0.4, 0.5) is 5.69 Å². The average Bonchev–Trinajstić information content (AvgIpc) is 2.96. The van der Waals surface area contributed by atoms with Crippen molar-refractivity contribution < 1.29 is 4.42 Å². The molecule has 1 aliphatic rings. The van der Waals surface area contributed by atoms with Crippen LogP contribution in [-0.2, 0) is 6.54 Å². The van der Waals surface area contributed by atoms with Crippen molar-refractivity contribution >= 4 is 16.9 Å². The lowest BCUT2D eigenvalue weighted by atomic mass is 10.0. The lowest BCUT2D eigenvalue weighted by Crippen LogP contribution is -2.41. The molecule has 0 atom stereocenters. The molecule has 6 heteroatoms. The highest BCUT2D eigenvalue weighted by molar-refractivity contribution is 5.67. The molecule has 0 saturated carbocycles. The predicted octanol–water partition coefficient (Wildman–Crippen LogP) is 2.87. The minimum Gasteiger partial charge on any atom is -0.406 e. The van der Waals surface area contributed by atoms with Gasteiger partial charge < -0.3 is 14.6 Å². The highest BCUT2D eigenvalue weighted by atomic mass is 16.4. The lowest BCUT2D eigenvalue weighted by Gasteiger charge is -2.32. The molecule has 26 heavy (non-hydrogen) atoms. The van der Waals surface area contributed by atoms with Crippen LogP contribution in [-0.4, -0.2) is 40.1 Å². The number of fused-ring (bicyclic) bond motifs is 1. The smallest absolute Gasteiger partial charge is 0.406 e. The molecule has 1 aliphatic heterocycles. The number of pyridine rings is 1. The van der Waals surface area contributed by atoms with Crippen LogP contribution in [0, 0.1) is 6.92 Å². The van der Waals surface area contributed by atoms with Gasteiger partial charge >= 0.3 is 5.76 Å². The molecule has 3 heterocycles. The number of aryl methyl sites for hydroxylation is 1. The van der Waals surface area contributed by atoms with Crippen molar-refractivity contribution in [3.63, 3.8) is 0 Å². The number of hydrogen-bond donors (Lipinski definition) is 1. The Labute approximate surface area is 152 Å². The number of rotatable bonds is 5. The van der Waals surface area contributed by atoms with E-state index in [4.69, 9.17) is 4.42 Å². The van der Waals surface area contributed by atoms with Gasteiger partial charge in [-0.15, -0.1) is 0 Å². The maximum Gasteiger partial charge on any atom is 0.421 e. The van der Waals surface area contributed by atoms with Crippen molar-refractivity contribution in [2.45, 2.75) is 32.4 Å². The fourth-order valence-electron chi connectivity index (χ4n) is 3.61. The van der Waals surface area contributed by atoms with E-state index in [2.05, 4.69) is 46.4 Å². The summed E-state index contributed by atoms with van der Waals surface area (Å²) < 4.78 is 6.88. The number of hydrogen-bond acceptors (Lipinski definition) is 5. The van der Waals surface area contributed by atoms with Crippen LogP contribution in [0.1, 0.15) is 18.4 Å². The molecular weight excluding hydrogens is 328 g/mol. The van der Waals surface area contributed by atoms with E-state index >= 15 is 0 Å². The summed E-state index contributed by atoms with van der Waals surface area (Å²) in [6, 6.07) is 12.6. The van der Waals surface area contributed by atoms with Gasteiger partial charge in [0, 0.05) is 44.1 Å². The zero-order valence-electron chi connectivity index (χ0n) is 15.0. The monoisotopic (exact) mass is 352 g/mol. The SMILES string of the molecule is Cc1cccc(NC2CCN(CCn3c(=O)oc4cccnc43)CC2)c1. The van der Waals surface area contributed by atoms with Gasteiger partial charge in [0.25, 0.3) is 0 Å². The Bertz CT molecular complexity index is 938. The molecular formula is C20H24N4O2. The first kappa shape index (κ1) is 16.8. The Hall–Kier alpha value is -2.60. The van der Waals surface area contributed by atoms with Gasteiger partial charge in [-0.2, -0.15) is 0 Å². The second-order valence-electron chi connectivity index (χ2n) is 6.97. The Kier molecular flexibility index (Phi) is 4.75. The van der Waals surface area contributed by atoms with Gasteiger partial charge in [0.1, 0.15) is 0 Å². The summed E-state index contributed by atoms with van der Waals surface area (Å²) in [5, 5.41) is 3.64. The summed E-state index contributed by atoms with van der Waals surface area (Å²) in [4.78, 5) is 18.7. The van der Waals surface area contributed by atoms with Crippen LogP contribution >= 0.6 is 0 Å². The van der Waals surface area contributed by atoms with Crippen LogP contribution < -0.4 is 11.1 Å². The Morgan fingerprint density at radius 1 is 1.19 bits per heavy atom. The maximum atomic E-state index is 12.0. The first-order chi connectivity index (χ1) is 12.7. The third-order valence-corrected chi connectivity index (χ3v) is 5.04. The zero-order chi connectivity index (χ0) is 17.9. The molecule has 0 aliphatic carbocycles. The van der Waals surface area contributed by atoms with Crippen LogP contribution in [0.2, 0.25) is 0 Å². The summed E-state index contributed by atoms with van der Waals surface area (Å²) >= 11 is 0. The van der Waals surface area contributed by atoms with Crippen LogP contribution in [0.15, 0.2) is 51.8 Å². The molecule has 1 N–H and O–H groups in total. The number of nitrogens with zero attached hydrogens (tertiary/aromatic N) is 3. The molecule has 136 valence electrons. The van der Waals surface area contributed by atoms with Crippen LogP contribution in [0.5, 0.6) is 0 Å². The molecule has 0 unspecified atom stereocenters. The lowest BCUT2D eigenvalue weighted by molar-refractivity contribution is 0.210. The summed E-state index contributed by atoms with van der Waals surface area (Å²) in [7, 11) is 0. The molecule has 6 nitrogen and oxygen atoms in total. The quantitative estimate of drug-likeness (QED) is 0.765. The second kappa shape index (κ2) is 7.33. The molecule has 2 aromatic heterocycles. The molecule has 1 saturated heterocycles. The highest BCUT2D eigenvalue weighted by Gasteiger charge is 2.19. The van der Waals surface area contributed by atoms with Gasteiger partial charge in [-0.3, -0.25) is 4.57 Å². The van der Waals surface area contributed by atoms with E-state index in [0.29, 0.717) is 23.8 Å². The number of piperidine rings is 1. The zero-order valence-corrected chi connectivity index (χ0v) is 15.0. The average molecular weight is 352 g/mol. The van der Waals surface area contributed by atoms with Gasteiger partial charge in [-0.25, -0.2) is 9.78 Å². The van der Waals surface area contributed by atoms with Crippen molar-refractivity contribution in [3.8, 4) is 0 Å². The number of anilines is 1. The summed E-state index contributed by atoms with van der Waals surface area (Å²) in [6.45, 7) is 5.62. The third kappa shape index (κ3) is 3.65. The molecule has 1 fully saturated rings. The number of benzene rings is 1. The van der Waals surface area contributed by atoms with Gasteiger partial charge in [0.05, 0.1) is 0 Å². The van der Waals surface area contributed by atoms with E-state index in [1.807, 2.05) is 0 Å². The molecule has 4 rings (SSSR count). The van der Waals surface area contributed by atoms with Crippen molar-refractivity contribution in [1.82, 2.24) is 14.5 Å². The number of likely N-dealkylation sites (tertiary alicyclic amines) is 1. The fraction of sp³-hybridized carbons (Fsp3) is 0.400. The van der Waals surface area contributed by atoms with E-state index in [0.717, 1.165) is 32.5 Å². The van der Waals surface area contributed by atoms with E-state index in [1.165, 1.54) is 11.3 Å². The topological polar surface area (TPSA) is 63.3 Å². The summed E-state index contributed by atoms with van der Waals surface area (Å²) in [6.07, 6.45) is 3.90. The highest BCUT2D eigenvalue weighted by Crippen LogP contribution is 2.18. The fourth-order valence-corrected chi connectivity index (χ4v) is 3.61. The first-order valence-electron chi connectivity index (χ1n) is 9.19. The first-order valence-corrected chi connectivity index (χ1v) is 9.19. The van der Waals surface area contributed by atoms with Crippen LogP contribution in [0.3, 0.4) is 0 Å². The Morgan fingerprint density at radius 3 is 2.85 bits per heavy atom. The van der Waals surface area contributed by atoms with E-state index in [9.17, 15) is 4.79 Å². The largest absolute Gasteiger partial charge is 0.421 e. The van der Waals surface area contributed by atoms with E-state index in [-0.39, 0.29) is 5.76 Å². The molecule has 0 radical (unpaired) electrons. The Balaban J connectivity index is 1.31. The molecule has 0 bridgehead atoms. The van der Waals surface area contributed by atoms with Crippen molar-refractivity contribution in [2.75, 3.05) is 25.0 Å². The van der Waals surface area contributed by atoms with Crippen molar-refractivity contribution in [2.24, 2.45) is 0 Å². The van der Waals surface area contributed by atoms with Gasteiger partial charge in [0.15, 0.2) is 11.2 Å². The molecule has 0 amide bonds. The minimum atomic E-state index is -0.324. The number of nitrogens with one attached hydrogen (secondary N) is 1. The Morgan fingerprint density at radius 2 is 2.04 bits per heavy atom. The standard InChI is InChI=1S/C20H24N4O2/c1-15-4-2-5-17(14-15)22-16-7-10-23(11-8-16)12-13-24-19-18(26-20(24)25)6-3-9-21-19/h2-6,9,14,16,22H,7-8,10-13H2,1H3. The minimum absolute atomic E-state index is 0.324. The van der Waals surface area contributed by atoms with Crippen molar-refractivity contribution in [3.05, 3.63) is 58.7 Å². The third-order valence-electron chi connectivity index (χ3n) is 5.04. The van der Waals surface area contributed by atoms with Crippen molar-refractivity contribution in [1.29, 1.82) is 0 Å². The maximum absolute atomic E-state index is 12.0. The van der Waals surface area contributed by atoms with E-state index in [1.54, 1.807) is 22.9 Å². The second-order valence-corrected chi connectivity index (χ2v) is 6.97.